The summed E-state index contributed by atoms with van der Waals surface area (Å²) in [6.45, 7) is 4.47. The molecule has 1 saturated heterocycles. The van der Waals surface area contributed by atoms with E-state index in [-0.39, 0.29) is 24.8 Å². The molecule has 1 saturated carbocycles. The van der Waals surface area contributed by atoms with Crippen molar-refractivity contribution in [3.05, 3.63) is 129 Å². The van der Waals surface area contributed by atoms with Crippen molar-refractivity contribution < 1.29 is 67.7 Å². The quantitative estimate of drug-likeness (QED) is 0.111. The van der Waals surface area contributed by atoms with Crippen molar-refractivity contribution >= 4 is 12.2 Å². The third-order valence-corrected chi connectivity index (χ3v) is 23.7. The summed E-state index contributed by atoms with van der Waals surface area (Å²) in [4.78, 5) is 0. The molecule has 4 unspecified atom stereocenters. The first-order valence-corrected chi connectivity index (χ1v) is 23.1. The summed E-state index contributed by atoms with van der Waals surface area (Å²) in [5.74, 6) is 0. The van der Waals surface area contributed by atoms with Gasteiger partial charge >= 0.3 is 314 Å². The molecular formula is C46H46Cl2F6Ti. The van der Waals surface area contributed by atoms with Gasteiger partial charge in [0, 0.05) is 0 Å². The van der Waals surface area contributed by atoms with Gasteiger partial charge in [-0.3, -0.25) is 0 Å². The first kappa shape index (κ1) is 41.9. The van der Waals surface area contributed by atoms with E-state index in [2.05, 4.69) is 62.4 Å². The van der Waals surface area contributed by atoms with Gasteiger partial charge < -0.3 is 24.8 Å². The number of fused-ring (bicyclic) bond motifs is 3. The topological polar surface area (TPSA) is 0 Å². The van der Waals surface area contributed by atoms with Gasteiger partial charge in [0.15, 0.2) is 0 Å². The Morgan fingerprint density at radius 2 is 0.927 bits per heavy atom. The molecule has 290 valence electrons. The number of benzene rings is 4. The standard InChI is InChI=1S/2C20H18F3.C6H10.2ClH.Ti/c2*1-2-3-5-14-12-16-6-4-7-18(19(16)13-14)15-8-10-17(11-9-15)20(21,22)23;1-2-4-6-5-3-1;;;/h2*4,6-13H,2-3,5H2,1H3;1-2H,3-6H2;2*1H;/q;;;;;+2/p-2. The van der Waals surface area contributed by atoms with Crippen molar-refractivity contribution in [2.75, 3.05) is 0 Å². The maximum Gasteiger partial charge on any atom is -1.00 e. The first-order valence-electron chi connectivity index (χ1n) is 19.5. The number of allylic oxidation sites excluding steroid dienone is 2. The number of halogens is 8. The van der Waals surface area contributed by atoms with E-state index >= 15 is 0 Å². The van der Waals surface area contributed by atoms with Crippen molar-refractivity contribution in [1.29, 1.82) is 0 Å². The summed E-state index contributed by atoms with van der Waals surface area (Å²) in [7, 11) is 0. The molecule has 4 atom stereocenters. The van der Waals surface area contributed by atoms with Gasteiger partial charge in [0.1, 0.15) is 0 Å². The van der Waals surface area contributed by atoms with Crippen LogP contribution >= 0.6 is 0 Å². The van der Waals surface area contributed by atoms with Crippen LogP contribution in [0.1, 0.15) is 120 Å². The van der Waals surface area contributed by atoms with Crippen LogP contribution in [0.3, 0.4) is 0 Å². The SMILES string of the molecule is CCCCC1=Cc2c(-c3ccc(C(F)(F)F)cc3)cccc2[CH]1[Ti+2]1([CH]2C(CCCC)=Cc3c(-c4ccc(C(F)(F)F)cc4)cccc32)[CH]2CCCC[CH]21.[Cl-].[Cl-]. The van der Waals surface area contributed by atoms with Crippen molar-refractivity contribution in [3.8, 4) is 22.3 Å². The maximum atomic E-state index is 13.5. The largest absolute Gasteiger partial charge is 1.00 e. The molecule has 1 heterocycles. The van der Waals surface area contributed by atoms with Crippen LogP contribution in [-0.2, 0) is 28.9 Å². The summed E-state index contributed by atoms with van der Waals surface area (Å²) < 4.78 is 83.4. The number of alkyl halides is 6. The second kappa shape index (κ2) is 16.2. The minimum Gasteiger partial charge on any atom is -1.00 e. The summed E-state index contributed by atoms with van der Waals surface area (Å²) in [5, 5.41) is 0. The predicted octanol–water partition coefficient (Wildman–Crippen LogP) is 9.34. The molecule has 2 fully saturated rings. The Bertz CT molecular complexity index is 1910. The van der Waals surface area contributed by atoms with Crippen LogP contribution in [0.5, 0.6) is 0 Å². The molecule has 8 rings (SSSR count). The first-order chi connectivity index (χ1) is 25.5. The molecule has 0 amide bonds. The number of rotatable bonds is 10. The molecule has 4 aliphatic rings. The molecule has 0 spiro atoms. The molecule has 1 aliphatic heterocycles. The van der Waals surface area contributed by atoms with Gasteiger partial charge in [-0.05, 0) is 0 Å². The van der Waals surface area contributed by atoms with E-state index < -0.39 is 40.1 Å². The Hall–Kier alpha value is -2.77. The predicted molar refractivity (Wildman–Crippen MR) is 200 cm³/mol. The van der Waals surface area contributed by atoms with E-state index in [0.29, 0.717) is 8.45 Å². The average Bonchev–Trinajstić information content (AvgIpc) is 3.42. The smallest absolute Gasteiger partial charge is 1.00 e. The van der Waals surface area contributed by atoms with E-state index in [9.17, 15) is 26.3 Å². The number of unbranched alkanes of at least 4 members (excludes halogenated alkanes) is 2. The third-order valence-electron chi connectivity index (χ3n) is 12.9. The summed E-state index contributed by atoms with van der Waals surface area (Å²) >= 11 is -3.04. The van der Waals surface area contributed by atoms with E-state index in [1.807, 2.05) is 0 Å². The van der Waals surface area contributed by atoms with Crippen molar-refractivity contribution in [1.82, 2.24) is 0 Å². The minimum absolute atomic E-state index is 0. The molecule has 0 bridgehead atoms. The minimum atomic E-state index is -4.38. The van der Waals surface area contributed by atoms with Gasteiger partial charge in [0.25, 0.3) is 0 Å². The van der Waals surface area contributed by atoms with Gasteiger partial charge in [0.2, 0.25) is 0 Å². The average molecular weight is 832 g/mol. The van der Waals surface area contributed by atoms with Gasteiger partial charge in [-0.2, -0.15) is 0 Å². The fourth-order valence-corrected chi connectivity index (χ4v) is 24.9. The molecule has 0 radical (unpaired) electrons. The Labute approximate surface area is 337 Å². The molecule has 3 aliphatic carbocycles. The zero-order chi connectivity index (χ0) is 37.1. The van der Waals surface area contributed by atoms with Gasteiger partial charge in [-0.15, -0.1) is 0 Å². The number of hydrogen-bond acceptors (Lipinski definition) is 0. The second-order valence-electron chi connectivity index (χ2n) is 15.8. The Balaban J connectivity index is 0.00000257. The van der Waals surface area contributed by atoms with Crippen molar-refractivity contribution in [2.45, 2.75) is 107 Å². The van der Waals surface area contributed by atoms with Crippen molar-refractivity contribution in [2.24, 2.45) is 0 Å². The fraction of sp³-hybridized carbons (Fsp3) is 0.391. The maximum absolute atomic E-state index is 13.5. The zero-order valence-corrected chi connectivity index (χ0v) is 34.2. The number of hydrogen-bond donors (Lipinski definition) is 0. The summed E-state index contributed by atoms with van der Waals surface area (Å²) in [6, 6.07) is 24.3. The van der Waals surface area contributed by atoms with Crippen LogP contribution in [-0.4, -0.2) is 0 Å². The van der Waals surface area contributed by atoms with Crippen LogP contribution in [0.25, 0.3) is 34.4 Å². The normalized spacial score (nSPS) is 22.6. The van der Waals surface area contributed by atoms with Gasteiger partial charge in [-0.1, -0.05) is 0 Å². The van der Waals surface area contributed by atoms with E-state index in [4.69, 9.17) is 0 Å². The second-order valence-corrected chi connectivity index (χ2v) is 23.0. The Kier molecular flexibility index (Phi) is 12.4. The van der Waals surface area contributed by atoms with E-state index in [1.54, 1.807) is 24.3 Å². The molecule has 55 heavy (non-hydrogen) atoms. The molecule has 0 aromatic heterocycles. The fourth-order valence-electron chi connectivity index (χ4n) is 10.7. The summed E-state index contributed by atoms with van der Waals surface area (Å²) in [6.07, 6.45) is 7.55. The monoisotopic (exact) mass is 830 g/mol. The van der Waals surface area contributed by atoms with Gasteiger partial charge in [-0.25, -0.2) is 0 Å². The molecule has 4 aromatic carbocycles. The van der Waals surface area contributed by atoms with E-state index in [0.717, 1.165) is 69.2 Å². The third kappa shape index (κ3) is 7.32. The molecular weight excluding hydrogens is 785 g/mol. The Morgan fingerprint density at radius 3 is 1.27 bits per heavy atom. The summed E-state index contributed by atoms with van der Waals surface area (Å²) in [5.41, 5.74) is 10.6. The zero-order valence-electron chi connectivity index (χ0n) is 31.1. The van der Waals surface area contributed by atoms with Crippen LogP contribution in [0.15, 0.2) is 96.1 Å². The van der Waals surface area contributed by atoms with Crippen molar-refractivity contribution in [3.63, 3.8) is 0 Å². The molecule has 0 nitrogen and oxygen atoms in total. The van der Waals surface area contributed by atoms with E-state index in [1.165, 1.54) is 83.3 Å². The Morgan fingerprint density at radius 1 is 0.545 bits per heavy atom. The van der Waals surface area contributed by atoms with Crippen LogP contribution < -0.4 is 24.8 Å². The molecule has 4 aromatic rings. The molecule has 0 N–H and O–H groups in total. The van der Waals surface area contributed by atoms with Gasteiger partial charge in [0.05, 0.1) is 0 Å². The van der Waals surface area contributed by atoms with Crippen LogP contribution in [0.4, 0.5) is 26.3 Å². The molecule has 9 heteroatoms. The van der Waals surface area contributed by atoms with Crippen LogP contribution in [0.2, 0.25) is 8.45 Å². The van der Waals surface area contributed by atoms with Crippen LogP contribution in [0, 0.1) is 0 Å².